The highest BCUT2D eigenvalue weighted by molar-refractivity contribution is 7.92. The Kier molecular flexibility index (Phi) is 4.52. The number of hydrogen-bond acceptors (Lipinski definition) is 4. The van der Waals surface area contributed by atoms with Gasteiger partial charge in [0.25, 0.3) is 0 Å². The molecule has 0 aromatic heterocycles. The minimum atomic E-state index is -3.61. The number of rotatable bonds is 4. The highest BCUT2D eigenvalue weighted by atomic mass is 32.2. The van der Waals surface area contributed by atoms with E-state index in [1.54, 1.807) is 6.92 Å². The fraction of sp³-hybridized carbons (Fsp3) is 0.133. The van der Waals surface area contributed by atoms with Gasteiger partial charge in [-0.2, -0.15) is 5.26 Å². The van der Waals surface area contributed by atoms with Crippen molar-refractivity contribution in [2.45, 2.75) is 6.92 Å². The molecule has 0 fully saturated rings. The third-order valence-corrected chi connectivity index (χ3v) is 3.45. The minimum absolute atomic E-state index is 0.0488. The van der Waals surface area contributed by atoms with E-state index in [0.29, 0.717) is 11.6 Å². The average molecular weight is 338 g/mol. The van der Waals surface area contributed by atoms with Crippen molar-refractivity contribution >= 4 is 15.7 Å². The monoisotopic (exact) mass is 338 g/mol. The summed E-state index contributed by atoms with van der Waals surface area (Å²) < 4.78 is 57.0. The zero-order chi connectivity index (χ0) is 17.2. The number of benzene rings is 2. The molecule has 1 N–H and O–H groups in total. The van der Waals surface area contributed by atoms with Gasteiger partial charge in [0, 0.05) is 12.1 Å². The number of hydrogen-bond donors (Lipinski definition) is 1. The highest BCUT2D eigenvalue weighted by Crippen LogP contribution is 2.34. The molecule has 2 rings (SSSR count). The molecule has 2 aromatic rings. The fourth-order valence-electron chi connectivity index (χ4n) is 1.85. The van der Waals surface area contributed by atoms with Gasteiger partial charge in [0.05, 0.1) is 23.6 Å². The van der Waals surface area contributed by atoms with Crippen LogP contribution in [0.15, 0.2) is 30.3 Å². The Labute approximate surface area is 132 Å². The van der Waals surface area contributed by atoms with Crippen molar-refractivity contribution in [1.29, 1.82) is 5.26 Å². The molecule has 0 heterocycles. The van der Waals surface area contributed by atoms with Crippen molar-refractivity contribution in [3.05, 3.63) is 53.1 Å². The van der Waals surface area contributed by atoms with Crippen molar-refractivity contribution < 1.29 is 21.9 Å². The van der Waals surface area contributed by atoms with Gasteiger partial charge in [-0.25, -0.2) is 17.2 Å². The van der Waals surface area contributed by atoms with E-state index in [4.69, 9.17) is 10.00 Å². The molecule has 8 heteroatoms. The largest absolute Gasteiger partial charge is 0.452 e. The van der Waals surface area contributed by atoms with E-state index in [9.17, 15) is 17.2 Å². The summed E-state index contributed by atoms with van der Waals surface area (Å²) in [6.45, 7) is 1.62. The van der Waals surface area contributed by atoms with Crippen LogP contribution in [-0.4, -0.2) is 14.7 Å². The van der Waals surface area contributed by atoms with Gasteiger partial charge in [0.1, 0.15) is 5.82 Å². The SMILES string of the molecule is Cc1cc(NS(C)(=O)=O)c(Oc2ccc(F)cc2F)cc1C#N. The molecule has 0 aliphatic heterocycles. The van der Waals surface area contributed by atoms with Gasteiger partial charge in [-0.1, -0.05) is 0 Å². The quantitative estimate of drug-likeness (QED) is 0.927. The van der Waals surface area contributed by atoms with E-state index in [-0.39, 0.29) is 22.7 Å². The smallest absolute Gasteiger partial charge is 0.229 e. The molecule has 0 amide bonds. The van der Waals surface area contributed by atoms with Crippen LogP contribution in [0.1, 0.15) is 11.1 Å². The number of nitriles is 1. The predicted molar refractivity (Wildman–Crippen MR) is 80.8 cm³/mol. The van der Waals surface area contributed by atoms with Crippen LogP contribution in [-0.2, 0) is 10.0 Å². The second-order valence-corrected chi connectivity index (χ2v) is 6.57. The minimum Gasteiger partial charge on any atom is -0.452 e. The van der Waals surface area contributed by atoms with Crippen LogP contribution < -0.4 is 9.46 Å². The van der Waals surface area contributed by atoms with Crippen molar-refractivity contribution in [2.75, 3.05) is 11.0 Å². The van der Waals surface area contributed by atoms with E-state index >= 15 is 0 Å². The molecule has 0 saturated carbocycles. The van der Waals surface area contributed by atoms with Gasteiger partial charge >= 0.3 is 0 Å². The normalized spacial score (nSPS) is 10.9. The zero-order valence-electron chi connectivity index (χ0n) is 12.2. The Morgan fingerprint density at radius 3 is 2.43 bits per heavy atom. The molecule has 0 unspecified atom stereocenters. The maximum absolute atomic E-state index is 13.7. The van der Waals surface area contributed by atoms with Crippen molar-refractivity contribution in [1.82, 2.24) is 0 Å². The topological polar surface area (TPSA) is 79.2 Å². The molecular weight excluding hydrogens is 326 g/mol. The van der Waals surface area contributed by atoms with Crippen molar-refractivity contribution in [3.63, 3.8) is 0 Å². The summed E-state index contributed by atoms with van der Waals surface area (Å²) in [6, 6.07) is 7.32. The summed E-state index contributed by atoms with van der Waals surface area (Å²) in [5.74, 6) is -2.08. The van der Waals surface area contributed by atoms with E-state index < -0.39 is 21.7 Å². The van der Waals surface area contributed by atoms with E-state index in [1.165, 1.54) is 12.1 Å². The van der Waals surface area contributed by atoms with E-state index in [0.717, 1.165) is 18.4 Å². The highest BCUT2D eigenvalue weighted by Gasteiger charge is 2.15. The summed E-state index contributed by atoms with van der Waals surface area (Å²) in [7, 11) is -3.61. The molecule has 2 aromatic carbocycles. The molecule has 23 heavy (non-hydrogen) atoms. The average Bonchev–Trinajstić information content (AvgIpc) is 2.42. The number of anilines is 1. The number of aryl methyl sites for hydroxylation is 1. The lowest BCUT2D eigenvalue weighted by Gasteiger charge is -2.14. The summed E-state index contributed by atoms with van der Waals surface area (Å²) >= 11 is 0. The molecule has 0 radical (unpaired) electrons. The molecule has 0 spiro atoms. The molecule has 120 valence electrons. The van der Waals surface area contributed by atoms with Crippen LogP contribution in [0.5, 0.6) is 11.5 Å². The van der Waals surface area contributed by atoms with Crippen molar-refractivity contribution in [2.24, 2.45) is 0 Å². The Hall–Kier alpha value is -2.66. The van der Waals surface area contributed by atoms with Gasteiger partial charge < -0.3 is 4.74 Å². The molecule has 0 aliphatic carbocycles. The second-order valence-electron chi connectivity index (χ2n) is 4.83. The number of nitrogens with one attached hydrogen (secondary N) is 1. The first-order chi connectivity index (χ1) is 10.7. The Bertz CT molecular complexity index is 906. The predicted octanol–water partition coefficient (Wildman–Crippen LogP) is 3.31. The summed E-state index contributed by atoms with van der Waals surface area (Å²) in [6.07, 6.45) is 0.947. The molecular formula is C15H12F2N2O3S. The summed E-state index contributed by atoms with van der Waals surface area (Å²) in [5, 5.41) is 9.06. The van der Waals surface area contributed by atoms with E-state index in [1.807, 2.05) is 6.07 Å². The molecule has 0 atom stereocenters. The van der Waals surface area contributed by atoms with Crippen LogP contribution >= 0.6 is 0 Å². The summed E-state index contributed by atoms with van der Waals surface area (Å²) in [5.41, 5.74) is 0.805. The zero-order valence-corrected chi connectivity index (χ0v) is 13.0. The number of ether oxygens (including phenoxy) is 1. The third-order valence-electron chi connectivity index (χ3n) is 2.86. The Morgan fingerprint density at radius 2 is 1.87 bits per heavy atom. The van der Waals surface area contributed by atoms with Gasteiger partial charge in [-0.15, -0.1) is 0 Å². The molecule has 0 saturated heterocycles. The first-order valence-electron chi connectivity index (χ1n) is 6.35. The maximum Gasteiger partial charge on any atom is 0.229 e. The number of sulfonamides is 1. The molecule has 5 nitrogen and oxygen atoms in total. The molecule has 0 aliphatic rings. The lowest BCUT2D eigenvalue weighted by molar-refractivity contribution is 0.439. The maximum atomic E-state index is 13.7. The van der Waals surface area contributed by atoms with Crippen LogP contribution in [0.3, 0.4) is 0 Å². The van der Waals surface area contributed by atoms with Gasteiger partial charge in [0.2, 0.25) is 10.0 Å². The standard InChI is InChI=1S/C15H12F2N2O3S/c1-9-5-13(19-23(2,20)21)15(6-10(9)8-18)22-14-4-3-11(16)7-12(14)17/h3-7,19H,1-2H3. The second kappa shape index (κ2) is 6.22. The first kappa shape index (κ1) is 16.7. The fourth-order valence-corrected chi connectivity index (χ4v) is 2.41. The Morgan fingerprint density at radius 1 is 1.17 bits per heavy atom. The van der Waals surface area contributed by atoms with Gasteiger partial charge in [-0.05, 0) is 30.7 Å². The van der Waals surface area contributed by atoms with Crippen molar-refractivity contribution in [3.8, 4) is 17.6 Å². The van der Waals surface area contributed by atoms with Crippen LogP contribution in [0, 0.1) is 29.9 Å². The molecule has 0 bridgehead atoms. The number of nitrogens with zero attached hydrogens (tertiary/aromatic N) is 1. The van der Waals surface area contributed by atoms with Crippen LogP contribution in [0.2, 0.25) is 0 Å². The Balaban J connectivity index is 2.52. The number of halogens is 2. The van der Waals surface area contributed by atoms with Gasteiger partial charge in [-0.3, -0.25) is 4.72 Å². The van der Waals surface area contributed by atoms with Crippen LogP contribution in [0.25, 0.3) is 0 Å². The lowest BCUT2D eigenvalue weighted by atomic mass is 10.1. The first-order valence-corrected chi connectivity index (χ1v) is 8.24. The van der Waals surface area contributed by atoms with Gasteiger partial charge in [0.15, 0.2) is 17.3 Å². The van der Waals surface area contributed by atoms with Crippen LogP contribution in [0.4, 0.5) is 14.5 Å². The van der Waals surface area contributed by atoms with E-state index in [2.05, 4.69) is 4.72 Å². The third kappa shape index (κ3) is 4.17. The summed E-state index contributed by atoms with van der Waals surface area (Å²) in [4.78, 5) is 0. The lowest BCUT2D eigenvalue weighted by Crippen LogP contribution is -2.11.